The molecule has 0 saturated heterocycles. The molecule has 1 atom stereocenters. The van der Waals surface area contributed by atoms with Crippen LogP contribution in [0.2, 0.25) is 0 Å². The van der Waals surface area contributed by atoms with Crippen molar-refractivity contribution in [3.8, 4) is 5.75 Å². The van der Waals surface area contributed by atoms with E-state index in [9.17, 15) is 4.79 Å². The van der Waals surface area contributed by atoms with Gasteiger partial charge >= 0.3 is 0 Å². The predicted molar refractivity (Wildman–Crippen MR) is 92.5 cm³/mol. The van der Waals surface area contributed by atoms with Crippen LogP contribution in [0.3, 0.4) is 0 Å². The molecule has 2 aromatic rings. The van der Waals surface area contributed by atoms with Crippen molar-refractivity contribution in [2.24, 2.45) is 5.73 Å². The summed E-state index contributed by atoms with van der Waals surface area (Å²) in [5, 5.41) is 0. The molecule has 2 N–H and O–H groups in total. The SMILES string of the molecule is COc1ccc(C[C@@H](N)C(=O)N(C)CCc2ccccc2)cc1. The van der Waals surface area contributed by atoms with E-state index in [1.54, 1.807) is 19.1 Å². The quantitative estimate of drug-likeness (QED) is 0.853. The first-order valence-corrected chi connectivity index (χ1v) is 7.77. The Morgan fingerprint density at radius 3 is 2.35 bits per heavy atom. The van der Waals surface area contributed by atoms with E-state index in [1.165, 1.54) is 5.56 Å². The molecule has 0 fully saturated rings. The molecular formula is C19H24N2O2. The molecule has 2 aromatic carbocycles. The van der Waals surface area contributed by atoms with E-state index in [4.69, 9.17) is 10.5 Å². The van der Waals surface area contributed by atoms with Crippen LogP contribution >= 0.6 is 0 Å². The minimum Gasteiger partial charge on any atom is -0.497 e. The molecule has 0 aliphatic carbocycles. The summed E-state index contributed by atoms with van der Waals surface area (Å²) in [6.45, 7) is 0.666. The highest BCUT2D eigenvalue weighted by molar-refractivity contribution is 5.81. The van der Waals surface area contributed by atoms with E-state index in [1.807, 2.05) is 42.5 Å². The first-order valence-electron chi connectivity index (χ1n) is 7.77. The highest BCUT2D eigenvalue weighted by Crippen LogP contribution is 2.13. The highest BCUT2D eigenvalue weighted by Gasteiger charge is 2.18. The molecule has 0 saturated carbocycles. The molecule has 23 heavy (non-hydrogen) atoms. The lowest BCUT2D eigenvalue weighted by molar-refractivity contribution is -0.131. The second-order valence-corrected chi connectivity index (χ2v) is 5.65. The van der Waals surface area contributed by atoms with Gasteiger partial charge in [0.1, 0.15) is 5.75 Å². The zero-order valence-electron chi connectivity index (χ0n) is 13.7. The summed E-state index contributed by atoms with van der Waals surface area (Å²) in [5.41, 5.74) is 8.32. The second-order valence-electron chi connectivity index (χ2n) is 5.65. The van der Waals surface area contributed by atoms with Gasteiger partial charge in [-0.25, -0.2) is 0 Å². The first kappa shape index (κ1) is 17.0. The van der Waals surface area contributed by atoms with Crippen LogP contribution in [-0.4, -0.2) is 37.6 Å². The number of methoxy groups -OCH3 is 1. The number of nitrogens with two attached hydrogens (primary N) is 1. The van der Waals surface area contributed by atoms with Crippen LogP contribution in [-0.2, 0) is 17.6 Å². The van der Waals surface area contributed by atoms with Crippen LogP contribution < -0.4 is 10.5 Å². The molecule has 0 aliphatic heterocycles. The van der Waals surface area contributed by atoms with Crippen LogP contribution in [0.15, 0.2) is 54.6 Å². The van der Waals surface area contributed by atoms with Crippen molar-refractivity contribution in [3.63, 3.8) is 0 Å². The van der Waals surface area contributed by atoms with Crippen molar-refractivity contribution in [3.05, 3.63) is 65.7 Å². The van der Waals surface area contributed by atoms with Gasteiger partial charge in [0.05, 0.1) is 13.2 Å². The molecule has 0 radical (unpaired) electrons. The average molecular weight is 312 g/mol. The van der Waals surface area contributed by atoms with Gasteiger partial charge in [-0.2, -0.15) is 0 Å². The number of carbonyl (C=O) groups excluding carboxylic acids is 1. The largest absolute Gasteiger partial charge is 0.497 e. The predicted octanol–water partition coefficient (Wildman–Crippen LogP) is 2.27. The Morgan fingerprint density at radius 1 is 1.09 bits per heavy atom. The van der Waals surface area contributed by atoms with Gasteiger partial charge in [0.15, 0.2) is 0 Å². The highest BCUT2D eigenvalue weighted by atomic mass is 16.5. The van der Waals surface area contributed by atoms with Gasteiger partial charge in [0, 0.05) is 13.6 Å². The second kappa shape index (κ2) is 8.34. The third-order valence-electron chi connectivity index (χ3n) is 3.89. The van der Waals surface area contributed by atoms with Gasteiger partial charge in [-0.1, -0.05) is 42.5 Å². The zero-order valence-corrected chi connectivity index (χ0v) is 13.7. The van der Waals surface area contributed by atoms with Crippen molar-refractivity contribution in [1.29, 1.82) is 0 Å². The monoisotopic (exact) mass is 312 g/mol. The number of benzene rings is 2. The minimum atomic E-state index is -0.524. The van der Waals surface area contributed by atoms with Gasteiger partial charge in [-0.3, -0.25) is 4.79 Å². The lowest BCUT2D eigenvalue weighted by atomic mass is 10.1. The number of hydrogen-bond donors (Lipinski definition) is 1. The van der Waals surface area contributed by atoms with E-state index in [2.05, 4.69) is 12.1 Å². The van der Waals surface area contributed by atoms with Crippen molar-refractivity contribution in [2.45, 2.75) is 18.9 Å². The molecule has 0 bridgehead atoms. The van der Waals surface area contributed by atoms with Crippen LogP contribution in [0.25, 0.3) is 0 Å². The third-order valence-corrected chi connectivity index (χ3v) is 3.89. The Labute approximate surface area is 137 Å². The Kier molecular flexibility index (Phi) is 6.18. The standard InChI is InChI=1S/C19H24N2O2/c1-21(13-12-15-6-4-3-5-7-15)19(22)18(20)14-16-8-10-17(23-2)11-9-16/h3-11,18H,12-14,20H2,1-2H3/t18-/m1/s1. The lowest BCUT2D eigenvalue weighted by Crippen LogP contribution is -2.43. The summed E-state index contributed by atoms with van der Waals surface area (Å²) in [6, 6.07) is 17.3. The lowest BCUT2D eigenvalue weighted by Gasteiger charge is -2.21. The normalized spacial score (nSPS) is 11.8. The van der Waals surface area contributed by atoms with Crippen LogP contribution in [0, 0.1) is 0 Å². The summed E-state index contributed by atoms with van der Waals surface area (Å²) >= 11 is 0. The Hall–Kier alpha value is -2.33. The molecule has 0 aliphatic rings. The Morgan fingerprint density at radius 2 is 1.74 bits per heavy atom. The van der Waals surface area contributed by atoms with Gasteiger partial charge < -0.3 is 15.4 Å². The molecular weight excluding hydrogens is 288 g/mol. The summed E-state index contributed by atoms with van der Waals surface area (Å²) < 4.78 is 5.13. The molecule has 4 nitrogen and oxygen atoms in total. The smallest absolute Gasteiger partial charge is 0.239 e. The number of nitrogens with zero attached hydrogens (tertiary/aromatic N) is 1. The van der Waals surface area contributed by atoms with Gasteiger partial charge in [-0.05, 0) is 36.1 Å². The maximum Gasteiger partial charge on any atom is 0.239 e. The third kappa shape index (κ3) is 5.11. The van der Waals surface area contributed by atoms with Gasteiger partial charge in [0.2, 0.25) is 5.91 Å². The van der Waals surface area contributed by atoms with E-state index in [-0.39, 0.29) is 5.91 Å². The van der Waals surface area contributed by atoms with Crippen LogP contribution in [0.4, 0.5) is 0 Å². The molecule has 0 unspecified atom stereocenters. The number of ether oxygens (including phenoxy) is 1. The maximum absolute atomic E-state index is 12.4. The molecule has 4 heteroatoms. The number of rotatable bonds is 7. The topological polar surface area (TPSA) is 55.6 Å². The Bertz CT molecular complexity index is 611. The molecule has 1 amide bonds. The molecule has 122 valence electrons. The van der Waals surface area contributed by atoms with E-state index in [0.29, 0.717) is 13.0 Å². The summed E-state index contributed by atoms with van der Waals surface area (Å²) in [6.07, 6.45) is 1.36. The number of hydrogen-bond acceptors (Lipinski definition) is 3. The maximum atomic E-state index is 12.4. The van der Waals surface area contributed by atoms with Gasteiger partial charge in [0.25, 0.3) is 0 Å². The summed E-state index contributed by atoms with van der Waals surface area (Å²) in [4.78, 5) is 14.1. The van der Waals surface area contributed by atoms with Crippen molar-refractivity contribution < 1.29 is 9.53 Å². The Balaban J connectivity index is 1.85. The van der Waals surface area contributed by atoms with E-state index in [0.717, 1.165) is 17.7 Å². The average Bonchev–Trinajstić information content (AvgIpc) is 2.60. The fourth-order valence-corrected chi connectivity index (χ4v) is 2.44. The van der Waals surface area contributed by atoms with Crippen LogP contribution in [0.5, 0.6) is 5.75 Å². The van der Waals surface area contributed by atoms with E-state index < -0.39 is 6.04 Å². The van der Waals surface area contributed by atoms with Crippen molar-refractivity contribution in [2.75, 3.05) is 20.7 Å². The van der Waals surface area contributed by atoms with Gasteiger partial charge in [-0.15, -0.1) is 0 Å². The molecule has 0 spiro atoms. The van der Waals surface area contributed by atoms with E-state index >= 15 is 0 Å². The van der Waals surface area contributed by atoms with Crippen molar-refractivity contribution >= 4 is 5.91 Å². The van der Waals surface area contributed by atoms with Crippen LogP contribution in [0.1, 0.15) is 11.1 Å². The molecule has 2 rings (SSSR count). The summed E-state index contributed by atoms with van der Waals surface area (Å²) in [7, 11) is 3.44. The molecule has 0 aromatic heterocycles. The number of likely N-dealkylation sites (N-methyl/N-ethyl adjacent to an activating group) is 1. The molecule has 0 heterocycles. The zero-order chi connectivity index (χ0) is 16.7. The number of amides is 1. The fraction of sp³-hybridized carbons (Fsp3) is 0.316. The first-order chi connectivity index (χ1) is 11.1. The van der Waals surface area contributed by atoms with Crippen molar-refractivity contribution in [1.82, 2.24) is 4.90 Å². The summed E-state index contributed by atoms with van der Waals surface area (Å²) in [5.74, 6) is 0.769. The number of carbonyl (C=O) groups is 1. The fourth-order valence-electron chi connectivity index (χ4n) is 2.44. The minimum absolute atomic E-state index is 0.0308.